The molecule has 1 saturated heterocycles. The van der Waals surface area contributed by atoms with Gasteiger partial charge in [0.05, 0.1) is 11.7 Å². The number of rotatable bonds is 3. The molecule has 0 amide bonds. The van der Waals surface area contributed by atoms with Crippen molar-refractivity contribution in [2.75, 3.05) is 20.1 Å². The van der Waals surface area contributed by atoms with Crippen LogP contribution in [0, 0.1) is 6.92 Å². The van der Waals surface area contributed by atoms with Crippen LogP contribution in [0.3, 0.4) is 0 Å². The van der Waals surface area contributed by atoms with Gasteiger partial charge in [0.15, 0.2) is 0 Å². The van der Waals surface area contributed by atoms with E-state index in [0.717, 1.165) is 6.07 Å². The van der Waals surface area contributed by atoms with Gasteiger partial charge in [-0.2, -0.15) is 0 Å². The number of nitrogens with zero attached hydrogens (tertiary/aromatic N) is 1. The number of hydrogen-bond donors (Lipinski definition) is 4. The maximum atomic E-state index is 13.4. The van der Waals surface area contributed by atoms with E-state index in [1.165, 1.54) is 0 Å². The highest BCUT2D eigenvalue weighted by Gasteiger charge is 2.34. The fraction of sp³-hybridized carbons (Fsp3) is 0.348. The summed E-state index contributed by atoms with van der Waals surface area (Å²) in [6.07, 6.45) is -1.52. The first-order chi connectivity index (χ1) is 14.7. The standard InChI is InChI=1S/C23H24ClNO6/c1-11-18(21(29)12-3-5-13(24)6-4-12)22(30)20-16(27)9-15(26)19(23(20)31-11)14-7-8-25(2)10-17(14)28/h3-6,9,14,17,21,26-29H,7-8,10H2,1-2H3. The van der Waals surface area contributed by atoms with Gasteiger partial charge < -0.3 is 29.7 Å². The summed E-state index contributed by atoms with van der Waals surface area (Å²) in [4.78, 5) is 15.3. The largest absolute Gasteiger partial charge is 0.507 e. The molecular weight excluding hydrogens is 422 g/mol. The zero-order chi connectivity index (χ0) is 22.4. The van der Waals surface area contributed by atoms with Crippen molar-refractivity contribution in [1.29, 1.82) is 0 Å². The molecule has 2 aromatic carbocycles. The van der Waals surface area contributed by atoms with Crippen LogP contribution in [0.2, 0.25) is 5.02 Å². The fourth-order valence-corrected chi connectivity index (χ4v) is 4.51. The molecule has 1 aromatic heterocycles. The van der Waals surface area contributed by atoms with Crippen molar-refractivity contribution in [1.82, 2.24) is 4.90 Å². The Labute approximate surface area is 183 Å². The van der Waals surface area contributed by atoms with E-state index in [9.17, 15) is 25.2 Å². The van der Waals surface area contributed by atoms with Crippen molar-refractivity contribution in [3.05, 3.63) is 68.0 Å². The number of benzene rings is 2. The number of likely N-dealkylation sites (N-methyl/N-ethyl adjacent to an activating group) is 1. The molecule has 3 aromatic rings. The average molecular weight is 446 g/mol. The second-order valence-electron chi connectivity index (χ2n) is 8.11. The molecule has 1 aliphatic rings. The molecule has 1 aliphatic heterocycles. The van der Waals surface area contributed by atoms with Crippen LogP contribution in [0.15, 0.2) is 39.5 Å². The summed E-state index contributed by atoms with van der Waals surface area (Å²) in [5.41, 5.74) is 0.165. The normalized spacial score (nSPS) is 20.8. The van der Waals surface area contributed by atoms with Crippen LogP contribution >= 0.6 is 11.6 Å². The Morgan fingerprint density at radius 2 is 1.87 bits per heavy atom. The van der Waals surface area contributed by atoms with Crippen LogP contribution in [-0.4, -0.2) is 51.6 Å². The summed E-state index contributed by atoms with van der Waals surface area (Å²) >= 11 is 5.91. The van der Waals surface area contributed by atoms with E-state index < -0.39 is 29.3 Å². The van der Waals surface area contributed by atoms with Crippen molar-refractivity contribution in [2.24, 2.45) is 0 Å². The molecular formula is C23H24ClNO6. The Morgan fingerprint density at radius 3 is 2.52 bits per heavy atom. The number of aryl methyl sites for hydroxylation is 1. The number of aliphatic hydroxyl groups is 2. The molecule has 4 rings (SSSR count). The van der Waals surface area contributed by atoms with E-state index >= 15 is 0 Å². The van der Waals surface area contributed by atoms with Crippen molar-refractivity contribution in [2.45, 2.75) is 31.5 Å². The Morgan fingerprint density at radius 1 is 1.19 bits per heavy atom. The Balaban J connectivity index is 1.92. The summed E-state index contributed by atoms with van der Waals surface area (Å²) in [6, 6.07) is 7.51. The summed E-state index contributed by atoms with van der Waals surface area (Å²) in [6.45, 7) is 2.65. The molecule has 0 aliphatic carbocycles. The summed E-state index contributed by atoms with van der Waals surface area (Å²) in [5, 5.41) is 42.9. The van der Waals surface area contributed by atoms with Gasteiger partial charge >= 0.3 is 0 Å². The van der Waals surface area contributed by atoms with Gasteiger partial charge in [-0.05, 0) is 44.6 Å². The van der Waals surface area contributed by atoms with Crippen molar-refractivity contribution >= 4 is 22.6 Å². The third kappa shape index (κ3) is 3.78. The average Bonchev–Trinajstić information content (AvgIpc) is 2.69. The predicted molar refractivity (Wildman–Crippen MR) is 117 cm³/mol. The quantitative estimate of drug-likeness (QED) is 0.490. The molecule has 164 valence electrons. The van der Waals surface area contributed by atoms with Gasteiger partial charge in [-0.25, -0.2) is 0 Å². The van der Waals surface area contributed by atoms with E-state index in [4.69, 9.17) is 16.0 Å². The molecule has 2 heterocycles. The molecule has 1 fully saturated rings. The molecule has 4 N–H and O–H groups in total. The zero-order valence-electron chi connectivity index (χ0n) is 17.2. The topological polar surface area (TPSA) is 114 Å². The smallest absolute Gasteiger partial charge is 0.202 e. The molecule has 0 bridgehead atoms. The lowest BCUT2D eigenvalue weighted by Crippen LogP contribution is -2.40. The maximum Gasteiger partial charge on any atom is 0.202 e. The van der Waals surface area contributed by atoms with E-state index in [-0.39, 0.29) is 28.0 Å². The summed E-state index contributed by atoms with van der Waals surface area (Å²) < 4.78 is 5.93. The molecule has 0 saturated carbocycles. The number of hydrogen-bond acceptors (Lipinski definition) is 7. The SMILES string of the molecule is Cc1oc2c(C3CCN(C)CC3O)c(O)cc(O)c2c(=O)c1C(O)c1ccc(Cl)cc1. The third-order valence-electron chi connectivity index (χ3n) is 6.00. The zero-order valence-corrected chi connectivity index (χ0v) is 17.9. The molecule has 3 atom stereocenters. The van der Waals surface area contributed by atoms with E-state index in [1.54, 1.807) is 31.2 Å². The number of piperidine rings is 1. The van der Waals surface area contributed by atoms with Crippen LogP contribution in [0.5, 0.6) is 11.5 Å². The van der Waals surface area contributed by atoms with Gasteiger partial charge in [-0.15, -0.1) is 0 Å². The number of phenols is 2. The number of β-amino-alcohol motifs (C(OH)–C–C–N with tert-alkyl or cyclic N) is 1. The lowest BCUT2D eigenvalue weighted by Gasteiger charge is -2.34. The minimum absolute atomic E-state index is 0.00862. The number of likely N-dealkylation sites (tertiary alicyclic amines) is 1. The lowest BCUT2D eigenvalue weighted by molar-refractivity contribution is 0.0630. The fourth-order valence-electron chi connectivity index (χ4n) is 4.39. The Bertz CT molecular complexity index is 1190. The Kier molecular flexibility index (Phi) is 5.70. The second kappa shape index (κ2) is 8.16. The Hall–Kier alpha value is -2.58. The number of phenolic OH excluding ortho intramolecular Hbond substituents is 2. The van der Waals surface area contributed by atoms with Gasteiger partial charge in [0, 0.05) is 29.1 Å². The molecule has 0 spiro atoms. The third-order valence-corrected chi connectivity index (χ3v) is 6.25. The minimum Gasteiger partial charge on any atom is -0.507 e. The van der Waals surface area contributed by atoms with E-state index in [0.29, 0.717) is 35.7 Å². The first-order valence-electron chi connectivity index (χ1n) is 10.0. The van der Waals surface area contributed by atoms with Gasteiger partial charge in [-0.1, -0.05) is 23.7 Å². The first-order valence-corrected chi connectivity index (χ1v) is 10.4. The predicted octanol–water partition coefficient (Wildman–Crippen LogP) is 3.03. The number of aromatic hydroxyl groups is 2. The number of fused-ring (bicyclic) bond motifs is 1. The van der Waals surface area contributed by atoms with Crippen molar-refractivity contribution in [3.8, 4) is 11.5 Å². The minimum atomic E-state index is -1.29. The van der Waals surface area contributed by atoms with E-state index in [1.807, 2.05) is 11.9 Å². The van der Waals surface area contributed by atoms with Gasteiger partial charge in [0.25, 0.3) is 0 Å². The molecule has 8 heteroatoms. The number of halogens is 1. The van der Waals surface area contributed by atoms with Crippen LogP contribution in [0.4, 0.5) is 0 Å². The highest BCUT2D eigenvalue weighted by molar-refractivity contribution is 6.30. The maximum absolute atomic E-state index is 13.4. The van der Waals surface area contributed by atoms with Crippen LogP contribution in [0.25, 0.3) is 11.0 Å². The van der Waals surface area contributed by atoms with Crippen molar-refractivity contribution < 1.29 is 24.8 Å². The summed E-state index contributed by atoms with van der Waals surface area (Å²) in [5.74, 6) is -0.994. The second-order valence-corrected chi connectivity index (χ2v) is 8.55. The monoisotopic (exact) mass is 445 g/mol. The summed E-state index contributed by atoms with van der Waals surface area (Å²) in [7, 11) is 1.89. The van der Waals surface area contributed by atoms with E-state index in [2.05, 4.69) is 0 Å². The van der Waals surface area contributed by atoms with Crippen molar-refractivity contribution in [3.63, 3.8) is 0 Å². The molecule has 0 radical (unpaired) electrons. The van der Waals surface area contributed by atoms with Gasteiger partial charge in [-0.3, -0.25) is 4.79 Å². The first kappa shape index (κ1) is 21.6. The van der Waals surface area contributed by atoms with Crippen LogP contribution < -0.4 is 5.43 Å². The van der Waals surface area contributed by atoms with Gasteiger partial charge in [0.1, 0.15) is 34.3 Å². The van der Waals surface area contributed by atoms with Gasteiger partial charge in [0.2, 0.25) is 5.43 Å². The molecule has 31 heavy (non-hydrogen) atoms. The highest BCUT2D eigenvalue weighted by atomic mass is 35.5. The van der Waals surface area contributed by atoms with Crippen LogP contribution in [0.1, 0.15) is 40.9 Å². The highest BCUT2D eigenvalue weighted by Crippen LogP contribution is 2.42. The number of aliphatic hydroxyl groups excluding tert-OH is 2. The van der Waals surface area contributed by atoms with Crippen LogP contribution in [-0.2, 0) is 0 Å². The lowest BCUT2D eigenvalue weighted by atomic mass is 9.85. The molecule has 7 nitrogen and oxygen atoms in total. The molecule has 3 unspecified atom stereocenters.